The van der Waals surface area contributed by atoms with E-state index in [9.17, 15) is 0 Å². The van der Waals surface area contributed by atoms with Crippen LogP contribution >= 0.6 is 0 Å². The molecule has 80 valence electrons. The third-order valence-electron chi connectivity index (χ3n) is 2.91. The summed E-state index contributed by atoms with van der Waals surface area (Å²) in [6.07, 6.45) is 0.883. The maximum Gasteiger partial charge on any atom is 0.0421 e. The highest BCUT2D eigenvalue weighted by molar-refractivity contribution is 5.74. The number of nitrogens with two attached hydrogens (primary N) is 2. The van der Waals surface area contributed by atoms with Crippen molar-refractivity contribution in [1.29, 1.82) is 0 Å². The van der Waals surface area contributed by atoms with Crippen molar-refractivity contribution in [2.24, 2.45) is 0 Å². The van der Waals surface area contributed by atoms with Gasteiger partial charge in [0, 0.05) is 29.2 Å². The molecular weight excluding hydrogens is 198 g/mol. The van der Waals surface area contributed by atoms with Crippen LogP contribution in [0.4, 0.5) is 22.7 Å². The Labute approximate surface area is 94.1 Å². The van der Waals surface area contributed by atoms with Crippen molar-refractivity contribution in [2.75, 3.05) is 16.8 Å². The van der Waals surface area contributed by atoms with Crippen molar-refractivity contribution in [3.8, 4) is 0 Å². The number of hydrogen-bond donors (Lipinski definition) is 3. The van der Waals surface area contributed by atoms with E-state index in [1.165, 1.54) is 11.1 Å². The molecule has 0 bridgehead atoms. The van der Waals surface area contributed by atoms with Crippen LogP contribution in [0.2, 0.25) is 0 Å². The summed E-state index contributed by atoms with van der Waals surface area (Å²) in [6.45, 7) is 0. The molecule has 3 nitrogen and oxygen atoms in total. The van der Waals surface area contributed by atoms with Crippen molar-refractivity contribution >= 4 is 22.7 Å². The Bertz CT molecular complexity index is 512. The van der Waals surface area contributed by atoms with Gasteiger partial charge in [-0.1, -0.05) is 0 Å². The average Bonchev–Trinajstić information content (AvgIpc) is 2.26. The molecule has 0 atom stereocenters. The summed E-state index contributed by atoms with van der Waals surface area (Å²) in [5.74, 6) is 0. The normalized spacial score (nSPS) is 12.5. The quantitative estimate of drug-likeness (QED) is 0.500. The zero-order valence-electron chi connectivity index (χ0n) is 8.83. The van der Waals surface area contributed by atoms with E-state index in [1.807, 2.05) is 36.4 Å². The van der Waals surface area contributed by atoms with Gasteiger partial charge in [0.1, 0.15) is 0 Å². The van der Waals surface area contributed by atoms with E-state index in [0.29, 0.717) is 0 Å². The van der Waals surface area contributed by atoms with Gasteiger partial charge in [0.2, 0.25) is 0 Å². The topological polar surface area (TPSA) is 64.1 Å². The molecule has 2 aromatic carbocycles. The summed E-state index contributed by atoms with van der Waals surface area (Å²) in [5.41, 5.74) is 17.9. The van der Waals surface area contributed by atoms with Gasteiger partial charge in [0.25, 0.3) is 0 Å². The number of nitrogens with one attached hydrogen (secondary N) is 1. The first kappa shape index (κ1) is 9.09. The molecule has 2 aromatic rings. The van der Waals surface area contributed by atoms with E-state index in [1.54, 1.807) is 0 Å². The minimum Gasteiger partial charge on any atom is -0.399 e. The Kier molecular flexibility index (Phi) is 1.80. The molecule has 0 saturated carbocycles. The summed E-state index contributed by atoms with van der Waals surface area (Å²) in [6, 6.07) is 11.9. The molecule has 0 saturated heterocycles. The fourth-order valence-electron chi connectivity index (χ4n) is 2.11. The molecule has 0 aliphatic carbocycles. The maximum atomic E-state index is 5.78. The van der Waals surface area contributed by atoms with Crippen molar-refractivity contribution in [2.45, 2.75) is 6.42 Å². The van der Waals surface area contributed by atoms with Crippen LogP contribution < -0.4 is 16.8 Å². The lowest BCUT2D eigenvalue weighted by Gasteiger charge is -2.22. The lowest BCUT2D eigenvalue weighted by molar-refractivity contribution is 1.16. The molecular formula is C13H13N3. The van der Waals surface area contributed by atoms with Gasteiger partial charge in [-0.3, -0.25) is 0 Å². The van der Waals surface area contributed by atoms with Crippen LogP contribution in [0.15, 0.2) is 36.4 Å². The predicted octanol–water partition coefficient (Wildman–Crippen LogP) is 2.50. The van der Waals surface area contributed by atoms with E-state index in [-0.39, 0.29) is 0 Å². The molecule has 1 aliphatic rings. The molecule has 0 radical (unpaired) electrons. The lowest BCUT2D eigenvalue weighted by Crippen LogP contribution is -2.07. The summed E-state index contributed by atoms with van der Waals surface area (Å²) in [4.78, 5) is 0. The first-order valence-electron chi connectivity index (χ1n) is 5.26. The summed E-state index contributed by atoms with van der Waals surface area (Å²) in [7, 11) is 0. The van der Waals surface area contributed by atoms with Gasteiger partial charge >= 0.3 is 0 Å². The number of anilines is 4. The van der Waals surface area contributed by atoms with E-state index in [4.69, 9.17) is 11.5 Å². The van der Waals surface area contributed by atoms with Gasteiger partial charge < -0.3 is 16.8 Å². The Morgan fingerprint density at radius 3 is 1.81 bits per heavy atom. The minimum absolute atomic E-state index is 0.799. The SMILES string of the molecule is Nc1ccc2c(c1)Cc1cc(N)ccc1N2. The van der Waals surface area contributed by atoms with E-state index < -0.39 is 0 Å². The zero-order valence-corrected chi connectivity index (χ0v) is 8.83. The number of nitrogen functional groups attached to an aromatic ring is 2. The largest absolute Gasteiger partial charge is 0.399 e. The van der Waals surface area contributed by atoms with Crippen molar-refractivity contribution in [1.82, 2.24) is 0 Å². The molecule has 1 heterocycles. The second kappa shape index (κ2) is 3.17. The van der Waals surface area contributed by atoms with Crippen molar-refractivity contribution in [3.05, 3.63) is 47.5 Å². The average molecular weight is 211 g/mol. The van der Waals surface area contributed by atoms with Crippen LogP contribution in [0.3, 0.4) is 0 Å². The van der Waals surface area contributed by atoms with Gasteiger partial charge in [-0.2, -0.15) is 0 Å². The fraction of sp³-hybridized carbons (Fsp3) is 0.0769. The summed E-state index contributed by atoms with van der Waals surface area (Å²) < 4.78 is 0. The van der Waals surface area contributed by atoms with Crippen LogP contribution in [0.5, 0.6) is 0 Å². The van der Waals surface area contributed by atoms with Crippen LogP contribution in [0, 0.1) is 0 Å². The van der Waals surface area contributed by atoms with Crippen LogP contribution in [0.1, 0.15) is 11.1 Å². The second-order valence-corrected chi connectivity index (χ2v) is 4.13. The Morgan fingerprint density at radius 1 is 0.812 bits per heavy atom. The van der Waals surface area contributed by atoms with Crippen LogP contribution in [-0.2, 0) is 6.42 Å². The van der Waals surface area contributed by atoms with Crippen molar-refractivity contribution < 1.29 is 0 Å². The van der Waals surface area contributed by atoms with Gasteiger partial charge in [0.05, 0.1) is 0 Å². The smallest absolute Gasteiger partial charge is 0.0421 e. The van der Waals surface area contributed by atoms with Crippen LogP contribution in [0.25, 0.3) is 0 Å². The highest BCUT2D eigenvalue weighted by Crippen LogP contribution is 2.34. The molecule has 0 amide bonds. The molecule has 5 N–H and O–H groups in total. The Morgan fingerprint density at radius 2 is 1.31 bits per heavy atom. The number of benzene rings is 2. The van der Waals surface area contributed by atoms with Crippen LogP contribution in [-0.4, -0.2) is 0 Å². The molecule has 0 fully saturated rings. The third-order valence-corrected chi connectivity index (χ3v) is 2.91. The maximum absolute atomic E-state index is 5.78. The molecule has 16 heavy (non-hydrogen) atoms. The first-order chi connectivity index (χ1) is 7.72. The fourth-order valence-corrected chi connectivity index (χ4v) is 2.11. The second-order valence-electron chi connectivity index (χ2n) is 4.13. The van der Waals surface area contributed by atoms with E-state index in [2.05, 4.69) is 5.32 Å². The monoisotopic (exact) mass is 211 g/mol. The van der Waals surface area contributed by atoms with Gasteiger partial charge in [0.15, 0.2) is 0 Å². The molecule has 3 heteroatoms. The third kappa shape index (κ3) is 1.37. The van der Waals surface area contributed by atoms with E-state index in [0.717, 1.165) is 29.2 Å². The molecule has 0 aromatic heterocycles. The Hall–Kier alpha value is -2.16. The van der Waals surface area contributed by atoms with Gasteiger partial charge in [-0.15, -0.1) is 0 Å². The lowest BCUT2D eigenvalue weighted by atomic mass is 9.96. The predicted molar refractivity (Wildman–Crippen MR) is 67.8 cm³/mol. The Balaban J connectivity index is 2.10. The summed E-state index contributed by atoms with van der Waals surface area (Å²) in [5, 5.41) is 3.38. The number of rotatable bonds is 0. The highest BCUT2D eigenvalue weighted by Gasteiger charge is 2.14. The number of fused-ring (bicyclic) bond motifs is 2. The van der Waals surface area contributed by atoms with Gasteiger partial charge in [-0.05, 0) is 47.5 Å². The molecule has 0 unspecified atom stereocenters. The number of hydrogen-bond acceptors (Lipinski definition) is 3. The molecule has 3 rings (SSSR count). The van der Waals surface area contributed by atoms with Gasteiger partial charge in [-0.25, -0.2) is 0 Å². The first-order valence-corrected chi connectivity index (χ1v) is 5.26. The molecule has 0 spiro atoms. The zero-order chi connectivity index (χ0) is 11.1. The highest BCUT2D eigenvalue weighted by atomic mass is 14.9. The summed E-state index contributed by atoms with van der Waals surface area (Å²) >= 11 is 0. The van der Waals surface area contributed by atoms with E-state index >= 15 is 0 Å². The molecule has 1 aliphatic heterocycles. The standard InChI is InChI=1S/C13H13N3/c14-10-1-3-12-8(6-10)5-9-7-11(15)2-4-13(9)16-12/h1-4,6-7,16H,5,14-15H2. The minimum atomic E-state index is 0.799. The van der Waals surface area contributed by atoms with Crippen molar-refractivity contribution in [3.63, 3.8) is 0 Å².